The molecule has 1 saturated heterocycles. The summed E-state index contributed by atoms with van der Waals surface area (Å²) in [4.78, 5) is 12.6. The predicted molar refractivity (Wildman–Crippen MR) is 106 cm³/mol. The van der Waals surface area contributed by atoms with Gasteiger partial charge in [-0.05, 0) is 24.7 Å². The van der Waals surface area contributed by atoms with Gasteiger partial charge in [-0.3, -0.25) is 9.39 Å². The normalized spacial score (nSPS) is 20.4. The standard InChI is InChI=1S/C16H23N5S.HI/c1-17-14(21-7-6-16(12-21)4-2-3-5-16)18-10-13-11-20-8-9-22-15(20)19-13;/h8-9,11H,2-7,10,12H2,1H3,(H,17,18);1H. The molecule has 0 radical (unpaired) electrons. The summed E-state index contributed by atoms with van der Waals surface area (Å²) < 4.78 is 2.08. The van der Waals surface area contributed by atoms with Gasteiger partial charge >= 0.3 is 0 Å². The highest BCUT2D eigenvalue weighted by Gasteiger charge is 2.41. The van der Waals surface area contributed by atoms with Gasteiger partial charge in [0.15, 0.2) is 10.9 Å². The molecule has 2 aliphatic rings. The second-order valence-corrected chi connectivity index (χ2v) is 7.48. The van der Waals surface area contributed by atoms with E-state index in [4.69, 9.17) is 0 Å². The van der Waals surface area contributed by atoms with Crippen LogP contribution in [0.1, 0.15) is 37.8 Å². The van der Waals surface area contributed by atoms with Crippen molar-refractivity contribution in [1.29, 1.82) is 0 Å². The summed E-state index contributed by atoms with van der Waals surface area (Å²) in [7, 11) is 1.88. The van der Waals surface area contributed by atoms with E-state index >= 15 is 0 Å². The third-order valence-electron chi connectivity index (χ3n) is 5.18. The molecule has 0 bridgehead atoms. The number of nitrogens with one attached hydrogen (secondary N) is 1. The van der Waals surface area contributed by atoms with Crippen LogP contribution in [0.2, 0.25) is 0 Å². The summed E-state index contributed by atoms with van der Waals surface area (Å²) in [6.45, 7) is 3.05. The van der Waals surface area contributed by atoms with E-state index in [1.807, 2.05) is 7.05 Å². The molecule has 0 aromatic carbocycles. The Morgan fingerprint density at radius 3 is 2.96 bits per heavy atom. The van der Waals surface area contributed by atoms with E-state index in [-0.39, 0.29) is 24.0 Å². The molecule has 126 valence electrons. The topological polar surface area (TPSA) is 44.9 Å². The zero-order valence-electron chi connectivity index (χ0n) is 13.5. The molecule has 0 unspecified atom stereocenters. The van der Waals surface area contributed by atoms with E-state index in [0.29, 0.717) is 5.41 Å². The number of aliphatic imine (C=N–C) groups is 1. The van der Waals surface area contributed by atoms with Crippen LogP contribution in [0.15, 0.2) is 22.8 Å². The number of nitrogens with zero attached hydrogens (tertiary/aromatic N) is 4. The molecule has 23 heavy (non-hydrogen) atoms. The molecule has 2 fully saturated rings. The number of aromatic nitrogens is 2. The summed E-state index contributed by atoms with van der Waals surface area (Å²) in [5.74, 6) is 1.03. The van der Waals surface area contributed by atoms with Crippen LogP contribution in [0, 0.1) is 5.41 Å². The van der Waals surface area contributed by atoms with E-state index < -0.39 is 0 Å². The van der Waals surface area contributed by atoms with Gasteiger partial charge in [0.2, 0.25) is 0 Å². The minimum absolute atomic E-state index is 0. The lowest BCUT2D eigenvalue weighted by Crippen LogP contribution is -2.40. The largest absolute Gasteiger partial charge is 0.351 e. The molecule has 2 aromatic rings. The highest BCUT2D eigenvalue weighted by atomic mass is 127. The van der Waals surface area contributed by atoms with Crippen molar-refractivity contribution in [3.8, 4) is 0 Å². The quantitative estimate of drug-likeness (QED) is 0.438. The molecular weight excluding hydrogens is 421 g/mol. The van der Waals surface area contributed by atoms with Crippen LogP contribution in [0.5, 0.6) is 0 Å². The van der Waals surface area contributed by atoms with Gasteiger partial charge in [0.25, 0.3) is 0 Å². The summed E-state index contributed by atoms with van der Waals surface area (Å²) in [6.07, 6.45) is 11.1. The molecule has 1 saturated carbocycles. The van der Waals surface area contributed by atoms with E-state index in [9.17, 15) is 0 Å². The maximum Gasteiger partial charge on any atom is 0.193 e. The third kappa shape index (κ3) is 3.35. The van der Waals surface area contributed by atoms with Gasteiger partial charge in [-0.15, -0.1) is 35.3 Å². The monoisotopic (exact) mass is 445 g/mol. The smallest absolute Gasteiger partial charge is 0.193 e. The Morgan fingerprint density at radius 2 is 2.22 bits per heavy atom. The third-order valence-corrected chi connectivity index (χ3v) is 5.96. The zero-order valence-corrected chi connectivity index (χ0v) is 16.6. The number of guanidine groups is 1. The molecule has 4 rings (SSSR count). The fourth-order valence-electron chi connectivity index (χ4n) is 4.01. The van der Waals surface area contributed by atoms with Crippen LogP contribution in [-0.2, 0) is 6.54 Å². The zero-order chi connectivity index (χ0) is 15.0. The lowest BCUT2D eigenvalue weighted by atomic mass is 9.86. The highest BCUT2D eigenvalue weighted by Crippen LogP contribution is 2.45. The Morgan fingerprint density at radius 1 is 1.39 bits per heavy atom. The number of fused-ring (bicyclic) bond motifs is 1. The first-order chi connectivity index (χ1) is 10.8. The molecular formula is C16H24IN5S. The van der Waals surface area contributed by atoms with Gasteiger partial charge in [0.1, 0.15) is 0 Å². The van der Waals surface area contributed by atoms with Gasteiger partial charge in [0.05, 0.1) is 12.2 Å². The van der Waals surface area contributed by atoms with Crippen LogP contribution in [0.3, 0.4) is 0 Å². The number of hydrogen-bond acceptors (Lipinski definition) is 3. The van der Waals surface area contributed by atoms with Gasteiger partial charge in [0, 0.05) is 37.9 Å². The predicted octanol–water partition coefficient (Wildman–Crippen LogP) is 3.36. The molecule has 7 heteroatoms. The Balaban J connectivity index is 0.00000156. The minimum atomic E-state index is 0. The second kappa shape index (κ2) is 6.96. The Hall–Kier alpha value is -0.830. The van der Waals surface area contributed by atoms with E-state index in [1.54, 1.807) is 11.3 Å². The van der Waals surface area contributed by atoms with Crippen molar-refractivity contribution in [2.75, 3.05) is 20.1 Å². The van der Waals surface area contributed by atoms with Crippen molar-refractivity contribution in [3.05, 3.63) is 23.5 Å². The Bertz CT molecular complexity index is 657. The number of imidazole rings is 1. The first-order valence-corrected chi connectivity index (χ1v) is 9.03. The molecule has 3 heterocycles. The Labute approximate surface area is 158 Å². The van der Waals surface area contributed by atoms with E-state index in [0.717, 1.165) is 29.7 Å². The van der Waals surface area contributed by atoms with Crippen molar-refractivity contribution in [2.24, 2.45) is 10.4 Å². The maximum absolute atomic E-state index is 4.62. The fraction of sp³-hybridized carbons (Fsp3) is 0.625. The minimum Gasteiger partial charge on any atom is -0.351 e. The second-order valence-electron chi connectivity index (χ2n) is 6.60. The molecule has 1 aliphatic carbocycles. The van der Waals surface area contributed by atoms with Crippen LogP contribution in [0.25, 0.3) is 4.96 Å². The van der Waals surface area contributed by atoms with Gasteiger partial charge < -0.3 is 10.2 Å². The first kappa shape index (κ1) is 17.0. The number of hydrogen-bond donors (Lipinski definition) is 1. The molecule has 1 spiro atoms. The van der Waals surface area contributed by atoms with Crippen molar-refractivity contribution >= 4 is 46.2 Å². The molecule has 1 N–H and O–H groups in total. The lowest BCUT2D eigenvalue weighted by molar-refractivity contribution is 0.309. The fourth-order valence-corrected chi connectivity index (χ4v) is 4.73. The van der Waals surface area contributed by atoms with Crippen molar-refractivity contribution in [2.45, 2.75) is 38.6 Å². The van der Waals surface area contributed by atoms with Crippen molar-refractivity contribution in [1.82, 2.24) is 19.6 Å². The summed E-state index contributed by atoms with van der Waals surface area (Å²) in [5, 5.41) is 5.55. The molecule has 5 nitrogen and oxygen atoms in total. The highest BCUT2D eigenvalue weighted by molar-refractivity contribution is 14.0. The van der Waals surface area contributed by atoms with Gasteiger partial charge in [-0.25, -0.2) is 4.98 Å². The van der Waals surface area contributed by atoms with Crippen molar-refractivity contribution in [3.63, 3.8) is 0 Å². The molecule has 0 atom stereocenters. The maximum atomic E-state index is 4.62. The SMILES string of the molecule is CN=C(NCc1cn2ccsc2n1)N1CCC2(CCCC2)C1.I. The number of thiazole rings is 1. The molecule has 2 aromatic heterocycles. The van der Waals surface area contributed by atoms with Gasteiger partial charge in [-0.2, -0.15) is 0 Å². The number of halogens is 1. The average molecular weight is 445 g/mol. The molecule has 0 amide bonds. The number of likely N-dealkylation sites (tertiary alicyclic amines) is 1. The number of rotatable bonds is 2. The van der Waals surface area contributed by atoms with E-state index in [1.165, 1.54) is 38.6 Å². The van der Waals surface area contributed by atoms with Gasteiger partial charge in [-0.1, -0.05) is 12.8 Å². The summed E-state index contributed by atoms with van der Waals surface area (Å²) in [5.41, 5.74) is 1.65. The van der Waals surface area contributed by atoms with Crippen LogP contribution in [0.4, 0.5) is 0 Å². The van der Waals surface area contributed by atoms with Crippen molar-refractivity contribution < 1.29 is 0 Å². The Kier molecular flexibility index (Phi) is 5.15. The average Bonchev–Trinajstić information content (AvgIpc) is 3.26. The van der Waals surface area contributed by atoms with Crippen LogP contribution < -0.4 is 5.32 Å². The van der Waals surface area contributed by atoms with E-state index in [2.05, 4.69) is 42.4 Å². The lowest BCUT2D eigenvalue weighted by Gasteiger charge is -2.25. The summed E-state index contributed by atoms with van der Waals surface area (Å²) in [6, 6.07) is 0. The van der Waals surface area contributed by atoms with Crippen LogP contribution >= 0.6 is 35.3 Å². The van der Waals surface area contributed by atoms with Crippen LogP contribution in [-0.4, -0.2) is 40.4 Å². The molecule has 1 aliphatic heterocycles. The first-order valence-electron chi connectivity index (χ1n) is 8.15. The summed E-state index contributed by atoms with van der Waals surface area (Å²) >= 11 is 1.67.